The summed E-state index contributed by atoms with van der Waals surface area (Å²) in [6.07, 6.45) is 1.67. The van der Waals surface area contributed by atoms with Crippen LogP contribution in [-0.2, 0) is 0 Å². The van der Waals surface area contributed by atoms with Gasteiger partial charge in [0.25, 0.3) is 0 Å². The first-order chi connectivity index (χ1) is 6.25. The van der Waals surface area contributed by atoms with Crippen molar-refractivity contribution in [3.05, 3.63) is 40.9 Å². The van der Waals surface area contributed by atoms with Gasteiger partial charge in [-0.05, 0) is 12.1 Å². The quantitative estimate of drug-likeness (QED) is 0.760. The molecule has 0 atom stereocenters. The zero-order valence-corrected chi connectivity index (χ0v) is 8.71. The second-order valence-electron chi connectivity index (χ2n) is 2.76. The van der Waals surface area contributed by atoms with Crippen LogP contribution in [0.25, 0.3) is 11.3 Å². The minimum Gasteiger partial charge on any atom is -0.449 e. The van der Waals surface area contributed by atoms with Crippen molar-refractivity contribution in [2.24, 2.45) is 0 Å². The molecule has 0 radical (unpaired) electrons. The van der Waals surface area contributed by atoms with Crippen LogP contribution < -0.4 is 0 Å². The molecule has 0 saturated heterocycles. The van der Waals surface area contributed by atoms with Crippen LogP contribution in [0.3, 0.4) is 0 Å². The predicted octanol–water partition coefficient (Wildman–Crippen LogP) is 3.41. The van der Waals surface area contributed by atoms with E-state index >= 15 is 0 Å². The first-order valence-electron chi connectivity index (χ1n) is 3.94. The van der Waals surface area contributed by atoms with Crippen molar-refractivity contribution in [3.63, 3.8) is 0 Å². The Kier molecular flexibility index (Phi) is 2.19. The van der Waals surface area contributed by atoms with Gasteiger partial charge in [0.1, 0.15) is 12.0 Å². The predicted molar refractivity (Wildman–Crippen MR) is 54.4 cm³/mol. The van der Waals surface area contributed by atoms with E-state index in [1.165, 1.54) is 0 Å². The van der Waals surface area contributed by atoms with E-state index in [0.29, 0.717) is 5.89 Å². The first-order valence-corrected chi connectivity index (χ1v) is 4.73. The van der Waals surface area contributed by atoms with Crippen LogP contribution >= 0.6 is 15.9 Å². The van der Waals surface area contributed by atoms with Gasteiger partial charge in [-0.2, -0.15) is 0 Å². The van der Waals surface area contributed by atoms with Crippen LogP contribution in [0.1, 0.15) is 5.89 Å². The van der Waals surface area contributed by atoms with Gasteiger partial charge in [-0.15, -0.1) is 0 Å². The molecule has 1 heterocycles. The Morgan fingerprint density at radius 1 is 1.23 bits per heavy atom. The molecule has 3 heteroatoms. The molecule has 0 N–H and O–H groups in total. The fourth-order valence-corrected chi connectivity index (χ4v) is 1.38. The van der Waals surface area contributed by atoms with Crippen molar-refractivity contribution in [1.29, 1.82) is 0 Å². The van der Waals surface area contributed by atoms with E-state index in [0.717, 1.165) is 15.7 Å². The van der Waals surface area contributed by atoms with E-state index in [9.17, 15) is 0 Å². The van der Waals surface area contributed by atoms with E-state index in [1.54, 1.807) is 6.26 Å². The third-order valence-electron chi connectivity index (χ3n) is 1.76. The Labute approximate surface area is 84.7 Å². The topological polar surface area (TPSA) is 26.0 Å². The molecule has 0 unspecified atom stereocenters. The van der Waals surface area contributed by atoms with Gasteiger partial charge in [0.2, 0.25) is 0 Å². The lowest BCUT2D eigenvalue weighted by molar-refractivity contribution is 0.521. The number of aryl methyl sites for hydroxylation is 1. The maximum Gasteiger partial charge on any atom is 0.191 e. The number of benzene rings is 1. The molecule has 0 amide bonds. The molecule has 2 nitrogen and oxygen atoms in total. The molecule has 2 rings (SSSR count). The summed E-state index contributed by atoms with van der Waals surface area (Å²) in [5.74, 6) is 0.693. The second kappa shape index (κ2) is 3.34. The van der Waals surface area contributed by atoms with Crippen LogP contribution in [0.5, 0.6) is 0 Å². The SMILES string of the molecule is Cc1nc(-c2ccc(Br)cc2)co1. The van der Waals surface area contributed by atoms with Crippen molar-refractivity contribution in [3.8, 4) is 11.3 Å². The lowest BCUT2D eigenvalue weighted by atomic mass is 10.2. The summed E-state index contributed by atoms with van der Waals surface area (Å²) in [5.41, 5.74) is 1.95. The average molecular weight is 238 g/mol. The zero-order valence-electron chi connectivity index (χ0n) is 7.12. The van der Waals surface area contributed by atoms with E-state index in [4.69, 9.17) is 4.42 Å². The van der Waals surface area contributed by atoms with Gasteiger partial charge >= 0.3 is 0 Å². The Balaban J connectivity index is 2.41. The second-order valence-corrected chi connectivity index (χ2v) is 3.67. The third-order valence-corrected chi connectivity index (χ3v) is 2.29. The summed E-state index contributed by atoms with van der Waals surface area (Å²) >= 11 is 3.38. The lowest BCUT2D eigenvalue weighted by Crippen LogP contribution is -1.76. The molecule has 0 aliphatic rings. The summed E-state index contributed by atoms with van der Waals surface area (Å²) in [5, 5.41) is 0. The van der Waals surface area contributed by atoms with Gasteiger partial charge in [0.05, 0.1) is 0 Å². The first kappa shape index (κ1) is 8.51. The smallest absolute Gasteiger partial charge is 0.191 e. The third kappa shape index (κ3) is 1.80. The van der Waals surface area contributed by atoms with Crippen molar-refractivity contribution >= 4 is 15.9 Å². The largest absolute Gasteiger partial charge is 0.449 e. The van der Waals surface area contributed by atoms with Crippen LogP contribution in [0, 0.1) is 6.92 Å². The molecule has 0 spiro atoms. The number of nitrogens with zero attached hydrogens (tertiary/aromatic N) is 1. The standard InChI is InChI=1S/C10H8BrNO/c1-7-12-10(6-13-7)8-2-4-9(11)5-3-8/h2-6H,1H3. The molecule has 13 heavy (non-hydrogen) atoms. The van der Waals surface area contributed by atoms with Crippen LogP contribution in [0.4, 0.5) is 0 Å². The highest BCUT2D eigenvalue weighted by Crippen LogP contribution is 2.20. The molecular formula is C10H8BrNO. The molecule has 0 aliphatic carbocycles. The average Bonchev–Trinajstić information content (AvgIpc) is 2.53. The Bertz CT molecular complexity index is 405. The van der Waals surface area contributed by atoms with Crippen LogP contribution in [-0.4, -0.2) is 4.98 Å². The fraction of sp³-hybridized carbons (Fsp3) is 0.100. The molecule has 1 aromatic carbocycles. The highest BCUT2D eigenvalue weighted by atomic mass is 79.9. The van der Waals surface area contributed by atoms with E-state index in [-0.39, 0.29) is 0 Å². The molecule has 0 aliphatic heterocycles. The van der Waals surface area contributed by atoms with E-state index < -0.39 is 0 Å². The highest BCUT2D eigenvalue weighted by Gasteiger charge is 2.01. The summed E-state index contributed by atoms with van der Waals surface area (Å²) in [6, 6.07) is 7.97. The molecule has 66 valence electrons. The summed E-state index contributed by atoms with van der Waals surface area (Å²) in [4.78, 5) is 4.23. The summed E-state index contributed by atoms with van der Waals surface area (Å²) < 4.78 is 6.19. The molecule has 0 fully saturated rings. The number of halogens is 1. The zero-order chi connectivity index (χ0) is 9.26. The maximum absolute atomic E-state index is 5.13. The molecular weight excluding hydrogens is 230 g/mol. The van der Waals surface area contributed by atoms with Crippen molar-refractivity contribution in [2.75, 3.05) is 0 Å². The van der Waals surface area contributed by atoms with Crippen LogP contribution in [0.15, 0.2) is 39.4 Å². The number of rotatable bonds is 1. The summed E-state index contributed by atoms with van der Waals surface area (Å²) in [6.45, 7) is 1.84. The monoisotopic (exact) mass is 237 g/mol. The van der Waals surface area contributed by atoms with Crippen molar-refractivity contribution < 1.29 is 4.42 Å². The number of oxazole rings is 1. The van der Waals surface area contributed by atoms with Crippen LogP contribution in [0.2, 0.25) is 0 Å². The van der Waals surface area contributed by atoms with Gasteiger partial charge < -0.3 is 4.42 Å². The van der Waals surface area contributed by atoms with E-state index in [2.05, 4.69) is 20.9 Å². The maximum atomic E-state index is 5.13. The van der Waals surface area contributed by atoms with Gasteiger partial charge in [-0.1, -0.05) is 28.1 Å². The molecule has 1 aromatic heterocycles. The number of aromatic nitrogens is 1. The minimum atomic E-state index is 0.693. The van der Waals surface area contributed by atoms with Crippen molar-refractivity contribution in [2.45, 2.75) is 6.92 Å². The Hall–Kier alpha value is -1.09. The Morgan fingerprint density at radius 2 is 1.92 bits per heavy atom. The van der Waals surface area contributed by atoms with Gasteiger partial charge in [-0.25, -0.2) is 4.98 Å². The normalized spacial score (nSPS) is 10.3. The fourth-order valence-electron chi connectivity index (χ4n) is 1.12. The number of hydrogen-bond acceptors (Lipinski definition) is 2. The van der Waals surface area contributed by atoms with E-state index in [1.807, 2.05) is 31.2 Å². The minimum absolute atomic E-state index is 0.693. The molecule has 0 saturated carbocycles. The summed E-state index contributed by atoms with van der Waals surface area (Å²) in [7, 11) is 0. The number of hydrogen-bond donors (Lipinski definition) is 0. The highest BCUT2D eigenvalue weighted by molar-refractivity contribution is 9.10. The lowest BCUT2D eigenvalue weighted by Gasteiger charge is -1.94. The van der Waals surface area contributed by atoms with Gasteiger partial charge in [-0.3, -0.25) is 0 Å². The van der Waals surface area contributed by atoms with Gasteiger partial charge in [0.15, 0.2) is 5.89 Å². The molecule has 2 aromatic rings. The Morgan fingerprint density at radius 3 is 2.46 bits per heavy atom. The molecule has 0 bridgehead atoms. The van der Waals surface area contributed by atoms with Crippen molar-refractivity contribution in [1.82, 2.24) is 4.98 Å². The van der Waals surface area contributed by atoms with Gasteiger partial charge in [0, 0.05) is 17.0 Å².